The minimum absolute atomic E-state index is 0.0252. The maximum atomic E-state index is 12.8. The average Bonchev–Trinajstić information content (AvgIpc) is 3.37. The Labute approximate surface area is 169 Å². The second-order valence-electron chi connectivity index (χ2n) is 7.83. The summed E-state index contributed by atoms with van der Waals surface area (Å²) in [5.74, 6) is 0.646. The lowest BCUT2D eigenvalue weighted by Crippen LogP contribution is -2.53. The van der Waals surface area contributed by atoms with Gasteiger partial charge in [-0.15, -0.1) is 0 Å². The summed E-state index contributed by atoms with van der Waals surface area (Å²) in [6, 6.07) is 14.0. The Kier molecular flexibility index (Phi) is 3.75. The number of aromatic nitrogens is 1. The van der Waals surface area contributed by atoms with Gasteiger partial charge < -0.3 is 14.6 Å². The number of benzene rings is 2. The largest absolute Gasteiger partial charge is 0.497 e. The molecule has 1 saturated heterocycles. The normalized spacial score (nSPS) is 22.7. The van der Waals surface area contributed by atoms with Gasteiger partial charge in [0.1, 0.15) is 11.9 Å². The molecule has 0 saturated carbocycles. The Morgan fingerprint density at radius 2 is 1.90 bits per heavy atom. The predicted molar refractivity (Wildman–Crippen MR) is 111 cm³/mol. The van der Waals surface area contributed by atoms with E-state index in [2.05, 4.69) is 11.1 Å². The van der Waals surface area contributed by atoms with Crippen molar-refractivity contribution in [1.29, 1.82) is 0 Å². The summed E-state index contributed by atoms with van der Waals surface area (Å²) >= 11 is 0. The average molecular weight is 389 g/mol. The molecule has 0 unspecified atom stereocenters. The van der Waals surface area contributed by atoms with E-state index < -0.39 is 5.41 Å². The second-order valence-corrected chi connectivity index (χ2v) is 7.83. The van der Waals surface area contributed by atoms with E-state index in [-0.39, 0.29) is 18.0 Å². The molecule has 0 radical (unpaired) electrons. The molecule has 2 aliphatic rings. The van der Waals surface area contributed by atoms with E-state index in [1.807, 2.05) is 47.5 Å². The fourth-order valence-corrected chi connectivity index (χ4v) is 5.32. The van der Waals surface area contributed by atoms with Crippen molar-refractivity contribution in [2.75, 3.05) is 18.6 Å². The first-order valence-corrected chi connectivity index (χ1v) is 9.81. The first kappa shape index (κ1) is 17.8. The molecule has 6 nitrogen and oxygen atoms in total. The summed E-state index contributed by atoms with van der Waals surface area (Å²) in [6.07, 6.45) is 2.39. The number of ether oxygens (including phenoxy) is 1. The van der Waals surface area contributed by atoms with Gasteiger partial charge in [-0.2, -0.15) is 0 Å². The zero-order chi connectivity index (χ0) is 20.3. The number of nitrogens with one attached hydrogen (secondary N) is 1. The molecule has 148 valence electrons. The molecule has 0 aliphatic carbocycles. The molecule has 1 aromatic heterocycles. The molecule has 2 aromatic carbocycles. The lowest BCUT2D eigenvalue weighted by atomic mass is 9.73. The van der Waals surface area contributed by atoms with Crippen LogP contribution in [0.15, 0.2) is 48.7 Å². The van der Waals surface area contributed by atoms with Crippen LogP contribution in [-0.2, 0) is 15.0 Å². The van der Waals surface area contributed by atoms with Gasteiger partial charge in [0.25, 0.3) is 0 Å². The monoisotopic (exact) mass is 389 g/mol. The summed E-state index contributed by atoms with van der Waals surface area (Å²) in [6.45, 7) is 3.74. The van der Waals surface area contributed by atoms with Gasteiger partial charge in [0.05, 0.1) is 18.2 Å². The van der Waals surface area contributed by atoms with Crippen molar-refractivity contribution in [2.45, 2.75) is 31.8 Å². The van der Waals surface area contributed by atoms with Crippen LogP contribution in [0.25, 0.3) is 10.9 Å². The third kappa shape index (κ3) is 2.23. The smallest absolute Gasteiger partial charge is 0.225 e. The molecule has 3 aromatic rings. The van der Waals surface area contributed by atoms with Crippen molar-refractivity contribution in [3.8, 4) is 5.75 Å². The van der Waals surface area contributed by atoms with Gasteiger partial charge >= 0.3 is 0 Å². The van der Waals surface area contributed by atoms with Crippen LogP contribution >= 0.6 is 0 Å². The third-order valence-corrected chi connectivity index (χ3v) is 6.49. The first-order valence-electron chi connectivity index (χ1n) is 9.81. The number of amides is 2. The quantitative estimate of drug-likeness (QED) is 0.731. The van der Waals surface area contributed by atoms with E-state index in [4.69, 9.17) is 4.74 Å². The third-order valence-electron chi connectivity index (χ3n) is 6.49. The van der Waals surface area contributed by atoms with E-state index in [1.165, 1.54) is 0 Å². The number of hydrogen-bond donors (Lipinski definition) is 1. The summed E-state index contributed by atoms with van der Waals surface area (Å²) in [4.78, 5) is 32.4. The van der Waals surface area contributed by atoms with Crippen LogP contribution in [0, 0.1) is 0 Å². The van der Waals surface area contributed by atoms with Crippen LogP contribution in [0.2, 0.25) is 0 Å². The van der Waals surface area contributed by atoms with Crippen LogP contribution in [0.3, 0.4) is 0 Å². The fourth-order valence-electron chi connectivity index (χ4n) is 5.32. The van der Waals surface area contributed by atoms with Gasteiger partial charge in [-0.05, 0) is 41.8 Å². The molecule has 6 heteroatoms. The molecular weight excluding hydrogens is 366 g/mol. The number of methoxy groups -OCH3 is 1. The highest BCUT2D eigenvalue weighted by molar-refractivity contribution is 5.99. The second kappa shape index (κ2) is 6.11. The number of anilines is 1. The predicted octanol–water partition coefficient (Wildman–Crippen LogP) is 3.41. The Balaban J connectivity index is 1.86. The number of para-hydroxylation sites is 1. The number of rotatable bonds is 2. The highest BCUT2D eigenvalue weighted by atomic mass is 16.5. The van der Waals surface area contributed by atoms with Crippen molar-refractivity contribution < 1.29 is 14.3 Å². The van der Waals surface area contributed by atoms with Crippen molar-refractivity contribution in [2.24, 2.45) is 0 Å². The number of nitrogens with zero attached hydrogens (tertiary/aromatic N) is 2. The SMILES string of the molecule is COc1ccc2c(c1)[C@@]1(c3c[nH]c4ccccc34)CCN(C(C)=O)[C@H]1N2C(C)=O. The molecule has 3 heterocycles. The van der Waals surface area contributed by atoms with Crippen LogP contribution in [0.4, 0.5) is 5.69 Å². The molecule has 2 amide bonds. The molecule has 1 N–H and O–H groups in total. The highest BCUT2D eigenvalue weighted by Crippen LogP contribution is 2.57. The molecule has 2 aliphatic heterocycles. The molecule has 2 atom stereocenters. The number of fused-ring (bicyclic) bond motifs is 4. The molecule has 1 fully saturated rings. The minimum atomic E-state index is -0.513. The molecule has 0 spiro atoms. The number of carbonyl (C=O) groups excluding carboxylic acids is 2. The number of likely N-dealkylation sites (tertiary alicyclic amines) is 1. The number of carbonyl (C=O) groups is 2. The van der Waals surface area contributed by atoms with E-state index in [9.17, 15) is 9.59 Å². The van der Waals surface area contributed by atoms with E-state index in [0.717, 1.165) is 39.9 Å². The van der Waals surface area contributed by atoms with Crippen LogP contribution in [0.5, 0.6) is 5.75 Å². The highest BCUT2D eigenvalue weighted by Gasteiger charge is 2.60. The maximum absolute atomic E-state index is 12.8. The van der Waals surface area contributed by atoms with Crippen LogP contribution < -0.4 is 9.64 Å². The van der Waals surface area contributed by atoms with Crippen LogP contribution in [-0.4, -0.2) is 41.5 Å². The van der Waals surface area contributed by atoms with E-state index in [0.29, 0.717) is 6.54 Å². The van der Waals surface area contributed by atoms with Gasteiger partial charge in [0, 0.05) is 37.5 Å². The first-order chi connectivity index (χ1) is 14.0. The minimum Gasteiger partial charge on any atom is -0.497 e. The van der Waals surface area contributed by atoms with Crippen molar-refractivity contribution in [3.05, 3.63) is 59.8 Å². The maximum Gasteiger partial charge on any atom is 0.225 e. The summed E-state index contributed by atoms with van der Waals surface area (Å²) in [7, 11) is 1.64. The van der Waals surface area contributed by atoms with Crippen molar-refractivity contribution in [3.63, 3.8) is 0 Å². The topological polar surface area (TPSA) is 65.6 Å². The number of aromatic amines is 1. The van der Waals surface area contributed by atoms with Gasteiger partial charge in [-0.25, -0.2) is 0 Å². The van der Waals surface area contributed by atoms with Crippen molar-refractivity contribution >= 4 is 28.4 Å². The van der Waals surface area contributed by atoms with E-state index >= 15 is 0 Å². The Morgan fingerprint density at radius 1 is 1.10 bits per heavy atom. The Bertz CT molecular complexity index is 1150. The van der Waals surface area contributed by atoms with E-state index in [1.54, 1.807) is 25.9 Å². The summed E-state index contributed by atoms with van der Waals surface area (Å²) in [5.41, 5.74) is 3.52. The Morgan fingerprint density at radius 3 is 2.62 bits per heavy atom. The van der Waals surface area contributed by atoms with Gasteiger partial charge in [0.2, 0.25) is 11.8 Å². The van der Waals surface area contributed by atoms with Gasteiger partial charge in [0.15, 0.2) is 0 Å². The lowest BCUT2D eigenvalue weighted by Gasteiger charge is -2.36. The Hall–Kier alpha value is -3.28. The summed E-state index contributed by atoms with van der Waals surface area (Å²) in [5, 5.41) is 1.11. The number of hydrogen-bond acceptors (Lipinski definition) is 3. The van der Waals surface area contributed by atoms with Gasteiger partial charge in [-0.3, -0.25) is 14.5 Å². The zero-order valence-electron chi connectivity index (χ0n) is 16.7. The van der Waals surface area contributed by atoms with Crippen molar-refractivity contribution in [1.82, 2.24) is 9.88 Å². The fraction of sp³-hybridized carbons (Fsp3) is 0.304. The number of H-pyrrole nitrogens is 1. The molecule has 0 bridgehead atoms. The lowest BCUT2D eigenvalue weighted by molar-refractivity contribution is -0.130. The van der Waals surface area contributed by atoms with Gasteiger partial charge in [-0.1, -0.05) is 18.2 Å². The zero-order valence-corrected chi connectivity index (χ0v) is 16.7. The summed E-state index contributed by atoms with van der Waals surface area (Å²) < 4.78 is 5.52. The molecule has 29 heavy (non-hydrogen) atoms. The molecule has 5 rings (SSSR count). The van der Waals surface area contributed by atoms with Crippen LogP contribution in [0.1, 0.15) is 31.4 Å². The molecular formula is C23H23N3O3. The standard InChI is InChI=1S/C23H23N3O3/c1-14(27)25-11-10-23(19-13-24-20-7-5-4-6-17(19)20)18-12-16(29-3)8-9-21(18)26(15(2)28)22(23)25/h4-9,12-13,22,24H,10-11H2,1-3H3/t22-,23+/m0/s1.